The summed E-state index contributed by atoms with van der Waals surface area (Å²) in [4.78, 5) is 18.2. The van der Waals surface area contributed by atoms with E-state index in [4.69, 9.17) is 10.3 Å². The topological polar surface area (TPSA) is 85.2 Å². The molecule has 1 saturated carbocycles. The molecule has 152 valence electrons. The molecule has 2 aliphatic rings. The van der Waals surface area contributed by atoms with E-state index in [1.807, 2.05) is 0 Å². The van der Waals surface area contributed by atoms with Gasteiger partial charge in [0.05, 0.1) is 17.0 Å². The Hall–Kier alpha value is -2.13. The van der Waals surface area contributed by atoms with Crippen molar-refractivity contribution < 1.29 is 22.5 Å². The van der Waals surface area contributed by atoms with Crippen LogP contribution in [0.5, 0.6) is 0 Å². The second-order valence-corrected chi connectivity index (χ2v) is 7.34. The molecule has 1 aliphatic heterocycles. The summed E-state index contributed by atoms with van der Waals surface area (Å²) in [5.74, 6) is 0.408. The summed E-state index contributed by atoms with van der Waals surface area (Å²) in [5, 5.41) is 3.96. The molecule has 2 aromatic rings. The van der Waals surface area contributed by atoms with Crippen LogP contribution < -0.4 is 5.73 Å². The predicted molar refractivity (Wildman–Crippen MR) is 95.5 cm³/mol. The van der Waals surface area contributed by atoms with Crippen molar-refractivity contribution in [1.29, 1.82) is 0 Å². The summed E-state index contributed by atoms with van der Waals surface area (Å²) >= 11 is 0. The number of hydrogen-bond acceptors (Lipinski definition) is 5. The third kappa shape index (κ3) is 3.86. The zero-order chi connectivity index (χ0) is 19.2. The van der Waals surface area contributed by atoms with Gasteiger partial charge >= 0.3 is 6.18 Å². The maximum atomic E-state index is 12.9. The van der Waals surface area contributed by atoms with Crippen molar-refractivity contribution in [2.24, 2.45) is 5.73 Å². The van der Waals surface area contributed by atoms with Crippen LogP contribution in [0.4, 0.5) is 13.2 Å². The van der Waals surface area contributed by atoms with Crippen LogP contribution in [0.2, 0.25) is 0 Å². The van der Waals surface area contributed by atoms with Crippen LogP contribution in [0.15, 0.2) is 28.8 Å². The molecule has 1 aromatic heterocycles. The fourth-order valence-electron chi connectivity index (χ4n) is 3.54. The molecular formula is C18H20ClF3N4O2. The molecule has 1 aliphatic carbocycles. The second kappa shape index (κ2) is 7.36. The van der Waals surface area contributed by atoms with Gasteiger partial charge in [0, 0.05) is 19.5 Å². The summed E-state index contributed by atoms with van der Waals surface area (Å²) in [6.07, 6.45) is -1.59. The van der Waals surface area contributed by atoms with Crippen LogP contribution in [-0.2, 0) is 23.1 Å². The molecule has 2 N–H and O–H groups in total. The molecule has 1 amide bonds. The minimum Gasteiger partial charge on any atom is -0.339 e. The number of aromatic nitrogens is 2. The van der Waals surface area contributed by atoms with Crippen LogP contribution >= 0.6 is 12.4 Å². The van der Waals surface area contributed by atoms with Crippen LogP contribution in [-0.4, -0.2) is 27.5 Å². The zero-order valence-corrected chi connectivity index (χ0v) is 15.7. The lowest BCUT2D eigenvalue weighted by molar-refractivity contribution is -0.137. The summed E-state index contributed by atoms with van der Waals surface area (Å²) in [6.45, 7) is 0.440. The van der Waals surface area contributed by atoms with Gasteiger partial charge in [-0.25, -0.2) is 0 Å². The van der Waals surface area contributed by atoms with E-state index in [2.05, 4.69) is 10.1 Å². The molecular weight excluding hydrogens is 397 g/mol. The van der Waals surface area contributed by atoms with E-state index >= 15 is 0 Å². The summed E-state index contributed by atoms with van der Waals surface area (Å²) in [5.41, 5.74) is 5.36. The molecule has 0 spiro atoms. The molecule has 2 heterocycles. The van der Waals surface area contributed by atoms with Gasteiger partial charge in [-0.15, -0.1) is 12.4 Å². The lowest BCUT2D eigenvalue weighted by Crippen LogP contribution is -2.44. The monoisotopic (exact) mass is 416 g/mol. The molecule has 0 radical (unpaired) electrons. The van der Waals surface area contributed by atoms with Crippen molar-refractivity contribution in [3.05, 3.63) is 47.1 Å². The van der Waals surface area contributed by atoms with Gasteiger partial charge in [0.2, 0.25) is 11.8 Å². The molecule has 1 aromatic carbocycles. The first-order valence-electron chi connectivity index (χ1n) is 8.81. The van der Waals surface area contributed by atoms with Gasteiger partial charge < -0.3 is 15.2 Å². The Balaban J connectivity index is 0.00000225. The number of amides is 1. The van der Waals surface area contributed by atoms with Crippen molar-refractivity contribution in [3.63, 3.8) is 0 Å². The van der Waals surface area contributed by atoms with Crippen LogP contribution in [0.3, 0.4) is 0 Å². The van der Waals surface area contributed by atoms with Gasteiger partial charge in [-0.1, -0.05) is 17.3 Å². The third-order valence-corrected chi connectivity index (χ3v) is 5.32. The molecule has 1 unspecified atom stereocenters. The Morgan fingerprint density at radius 2 is 2.07 bits per heavy atom. The fraction of sp³-hybridized carbons (Fsp3) is 0.500. The Bertz CT molecular complexity index is 867. The number of nitrogens with zero attached hydrogens (tertiary/aromatic N) is 3. The van der Waals surface area contributed by atoms with E-state index in [0.717, 1.165) is 31.4 Å². The first-order valence-corrected chi connectivity index (χ1v) is 8.81. The number of alkyl halides is 3. The quantitative estimate of drug-likeness (QED) is 0.826. The predicted octanol–water partition coefficient (Wildman–Crippen LogP) is 3.36. The highest BCUT2D eigenvalue weighted by Gasteiger charge is 2.41. The first-order chi connectivity index (χ1) is 12.7. The zero-order valence-electron chi connectivity index (χ0n) is 14.9. The van der Waals surface area contributed by atoms with E-state index in [9.17, 15) is 18.0 Å². The number of carbonyl (C=O) groups is 1. The first kappa shape index (κ1) is 20.6. The van der Waals surface area contributed by atoms with Gasteiger partial charge in [-0.3, -0.25) is 4.79 Å². The van der Waals surface area contributed by atoms with Crippen molar-refractivity contribution >= 4 is 18.3 Å². The van der Waals surface area contributed by atoms with Gasteiger partial charge in [0.15, 0.2) is 5.82 Å². The van der Waals surface area contributed by atoms with Crippen molar-refractivity contribution in [2.45, 2.75) is 49.9 Å². The lowest BCUT2D eigenvalue weighted by atomic mass is 9.77. The number of likely N-dealkylation sites (tertiary alicyclic amines) is 1. The number of hydrogen-bond donors (Lipinski definition) is 1. The smallest absolute Gasteiger partial charge is 0.339 e. The normalized spacial score (nSPS) is 21.4. The third-order valence-electron chi connectivity index (χ3n) is 5.32. The van der Waals surface area contributed by atoms with Crippen molar-refractivity contribution in [3.8, 4) is 0 Å². The van der Waals surface area contributed by atoms with Gasteiger partial charge in [-0.2, -0.15) is 18.2 Å². The highest BCUT2D eigenvalue weighted by Crippen LogP contribution is 2.38. The molecule has 2 fully saturated rings. The average molecular weight is 417 g/mol. The molecule has 10 heteroatoms. The lowest BCUT2D eigenvalue weighted by Gasteiger charge is -2.34. The minimum atomic E-state index is -4.41. The average Bonchev–Trinajstić information content (AvgIpc) is 3.20. The van der Waals surface area contributed by atoms with Crippen LogP contribution in [0.25, 0.3) is 0 Å². The SMILES string of the molecule is Cl.NC1(c2noc(C3CC(=O)N(Cc4cccc(C(F)(F)F)c4)C3)n2)CCC1. The minimum absolute atomic E-state index is 0. The summed E-state index contributed by atoms with van der Waals surface area (Å²) in [7, 11) is 0. The molecule has 4 rings (SSSR count). The van der Waals surface area contributed by atoms with E-state index in [0.29, 0.717) is 23.8 Å². The number of rotatable bonds is 4. The number of halogens is 4. The number of carbonyl (C=O) groups excluding carboxylic acids is 1. The molecule has 6 nitrogen and oxygen atoms in total. The van der Waals surface area contributed by atoms with Crippen molar-refractivity contribution in [1.82, 2.24) is 15.0 Å². The Labute approximate surface area is 165 Å². The van der Waals surface area contributed by atoms with E-state index < -0.39 is 17.3 Å². The standard InChI is InChI=1S/C18H19F3N4O2.ClH/c19-18(20,21)13-4-1-3-11(7-13)9-25-10-12(8-14(25)26)15-23-16(24-27-15)17(22)5-2-6-17;/h1,3-4,7,12H,2,5-6,8-10,22H2;1H. The molecule has 0 bridgehead atoms. The Morgan fingerprint density at radius 1 is 1.32 bits per heavy atom. The largest absolute Gasteiger partial charge is 0.416 e. The van der Waals surface area contributed by atoms with Gasteiger partial charge in [0.25, 0.3) is 0 Å². The van der Waals surface area contributed by atoms with E-state index in [1.54, 1.807) is 6.07 Å². The van der Waals surface area contributed by atoms with Crippen LogP contribution in [0.1, 0.15) is 54.4 Å². The highest BCUT2D eigenvalue weighted by atomic mass is 35.5. The Kier molecular flexibility index (Phi) is 5.42. The summed E-state index contributed by atoms with van der Waals surface area (Å²) in [6, 6.07) is 5.01. The fourth-order valence-corrected chi connectivity index (χ4v) is 3.54. The molecule has 1 atom stereocenters. The Morgan fingerprint density at radius 3 is 2.71 bits per heavy atom. The van der Waals surface area contributed by atoms with Crippen molar-refractivity contribution in [2.75, 3.05) is 6.54 Å². The van der Waals surface area contributed by atoms with Crippen LogP contribution in [0, 0.1) is 0 Å². The van der Waals surface area contributed by atoms with E-state index in [1.165, 1.54) is 11.0 Å². The maximum absolute atomic E-state index is 12.9. The number of nitrogens with two attached hydrogens (primary N) is 1. The van der Waals surface area contributed by atoms with E-state index in [-0.39, 0.29) is 37.2 Å². The molecule has 1 saturated heterocycles. The van der Waals surface area contributed by atoms with Gasteiger partial charge in [-0.05, 0) is 37.0 Å². The highest BCUT2D eigenvalue weighted by molar-refractivity contribution is 5.85. The second-order valence-electron chi connectivity index (χ2n) is 7.34. The summed E-state index contributed by atoms with van der Waals surface area (Å²) < 4.78 is 43.9. The van der Waals surface area contributed by atoms with Gasteiger partial charge in [0.1, 0.15) is 0 Å². The number of benzene rings is 1. The maximum Gasteiger partial charge on any atom is 0.416 e. The molecule has 28 heavy (non-hydrogen) atoms.